The molecule has 0 radical (unpaired) electrons. The van der Waals surface area contributed by atoms with E-state index in [-0.39, 0.29) is 12.2 Å². The lowest BCUT2D eigenvalue weighted by Crippen LogP contribution is -2.44. The number of likely N-dealkylation sites (tertiary alicyclic amines) is 1. The normalized spacial score (nSPS) is 34.2. The maximum absolute atomic E-state index is 10.3. The summed E-state index contributed by atoms with van der Waals surface area (Å²) in [5.41, 5.74) is 0. The van der Waals surface area contributed by atoms with Crippen LogP contribution in [-0.2, 0) is 9.47 Å². The number of hydrogen-bond acceptors (Lipinski definition) is 5. The van der Waals surface area contributed by atoms with Gasteiger partial charge < -0.3 is 14.6 Å². The molecule has 1 N–H and O–H groups in total. The monoisotopic (exact) mass is 326 g/mol. The van der Waals surface area contributed by atoms with Crippen molar-refractivity contribution in [2.75, 3.05) is 39.5 Å². The standard InChI is InChI=1S/C18H34N2O3/c1-14(2)20-15-5-6-16(20)10-19(8-7-15)11-17(21)12-22-13-18-4-3-9-23-18/h14-18,21H,3-13H2,1-2H3. The van der Waals surface area contributed by atoms with Crippen LogP contribution in [0, 0.1) is 0 Å². The van der Waals surface area contributed by atoms with Gasteiger partial charge in [-0.1, -0.05) is 0 Å². The maximum Gasteiger partial charge on any atom is 0.0900 e. The summed E-state index contributed by atoms with van der Waals surface area (Å²) in [6.45, 7) is 9.48. The molecule has 0 aromatic rings. The predicted molar refractivity (Wildman–Crippen MR) is 90.6 cm³/mol. The second kappa shape index (κ2) is 8.26. The molecule has 5 heteroatoms. The van der Waals surface area contributed by atoms with Gasteiger partial charge in [0.25, 0.3) is 0 Å². The molecule has 3 fully saturated rings. The van der Waals surface area contributed by atoms with Crippen molar-refractivity contribution in [3.8, 4) is 0 Å². The van der Waals surface area contributed by atoms with E-state index in [0.717, 1.165) is 45.1 Å². The topological polar surface area (TPSA) is 45.2 Å². The SMILES string of the molecule is CC(C)N1C2CCC1CN(CC(O)COCC1CCCO1)CC2. The lowest BCUT2D eigenvalue weighted by atomic mass is 10.1. The third-order valence-electron chi connectivity index (χ3n) is 5.63. The lowest BCUT2D eigenvalue weighted by molar-refractivity contribution is -0.0257. The molecule has 4 atom stereocenters. The number of nitrogens with zero attached hydrogens (tertiary/aromatic N) is 2. The molecule has 0 amide bonds. The molecule has 3 aliphatic rings. The van der Waals surface area contributed by atoms with Crippen LogP contribution in [0.2, 0.25) is 0 Å². The molecule has 0 aromatic heterocycles. The van der Waals surface area contributed by atoms with Crippen molar-refractivity contribution < 1.29 is 14.6 Å². The summed E-state index contributed by atoms with van der Waals surface area (Å²) in [4.78, 5) is 5.15. The van der Waals surface area contributed by atoms with Gasteiger partial charge >= 0.3 is 0 Å². The van der Waals surface area contributed by atoms with Crippen LogP contribution in [0.3, 0.4) is 0 Å². The van der Waals surface area contributed by atoms with Crippen molar-refractivity contribution in [2.24, 2.45) is 0 Å². The third-order valence-corrected chi connectivity index (χ3v) is 5.63. The van der Waals surface area contributed by atoms with Crippen LogP contribution in [0.1, 0.15) is 46.0 Å². The van der Waals surface area contributed by atoms with Crippen molar-refractivity contribution in [2.45, 2.75) is 76.3 Å². The fourth-order valence-electron chi connectivity index (χ4n) is 4.65. The number of hydrogen-bond donors (Lipinski definition) is 1. The van der Waals surface area contributed by atoms with Crippen LogP contribution >= 0.6 is 0 Å². The van der Waals surface area contributed by atoms with Crippen molar-refractivity contribution in [1.82, 2.24) is 9.80 Å². The molecular weight excluding hydrogens is 292 g/mol. The Kier molecular flexibility index (Phi) is 6.32. The highest BCUT2D eigenvalue weighted by molar-refractivity contribution is 4.94. The van der Waals surface area contributed by atoms with Crippen molar-refractivity contribution >= 4 is 0 Å². The van der Waals surface area contributed by atoms with E-state index in [2.05, 4.69) is 23.6 Å². The second-order valence-corrected chi connectivity index (χ2v) is 7.80. The van der Waals surface area contributed by atoms with E-state index in [1.807, 2.05) is 0 Å². The zero-order valence-corrected chi connectivity index (χ0v) is 14.8. The van der Waals surface area contributed by atoms with Gasteiger partial charge in [-0.15, -0.1) is 0 Å². The van der Waals surface area contributed by atoms with Gasteiger partial charge in [0.05, 0.1) is 25.4 Å². The molecular formula is C18H34N2O3. The first-order valence-corrected chi connectivity index (χ1v) is 9.50. The Bertz CT molecular complexity index is 360. The largest absolute Gasteiger partial charge is 0.389 e. The third kappa shape index (κ3) is 4.67. The molecule has 3 heterocycles. The maximum atomic E-state index is 10.3. The average Bonchev–Trinajstić information content (AvgIpc) is 3.09. The van der Waals surface area contributed by atoms with Gasteiger partial charge in [-0.05, 0) is 52.5 Å². The minimum Gasteiger partial charge on any atom is -0.389 e. The number of aliphatic hydroxyl groups excluding tert-OH is 1. The van der Waals surface area contributed by atoms with E-state index < -0.39 is 0 Å². The summed E-state index contributed by atoms with van der Waals surface area (Å²) in [5, 5.41) is 10.3. The van der Waals surface area contributed by atoms with Crippen LogP contribution < -0.4 is 0 Å². The smallest absolute Gasteiger partial charge is 0.0900 e. The first-order valence-electron chi connectivity index (χ1n) is 9.50. The summed E-state index contributed by atoms with van der Waals surface area (Å²) in [5.74, 6) is 0. The summed E-state index contributed by atoms with van der Waals surface area (Å²) < 4.78 is 11.2. The number of β-amino-alcohol motifs (C(OH)–C–C–N with tert-alkyl or cyclic N) is 1. The summed E-state index contributed by atoms with van der Waals surface area (Å²) in [6.07, 6.45) is 5.99. The number of fused-ring (bicyclic) bond motifs is 2. The Balaban J connectivity index is 1.39. The van der Waals surface area contributed by atoms with Gasteiger partial charge in [0.2, 0.25) is 0 Å². The minimum atomic E-state index is -0.388. The molecule has 0 spiro atoms. The highest BCUT2D eigenvalue weighted by Gasteiger charge is 2.38. The summed E-state index contributed by atoms with van der Waals surface area (Å²) >= 11 is 0. The van der Waals surface area contributed by atoms with Gasteiger partial charge in [-0.2, -0.15) is 0 Å². The number of aliphatic hydroxyl groups is 1. The molecule has 2 bridgehead atoms. The molecule has 5 nitrogen and oxygen atoms in total. The molecule has 0 saturated carbocycles. The van der Waals surface area contributed by atoms with Crippen LogP contribution in [0.5, 0.6) is 0 Å². The van der Waals surface area contributed by atoms with Gasteiger partial charge in [-0.25, -0.2) is 0 Å². The van der Waals surface area contributed by atoms with Crippen molar-refractivity contribution in [3.05, 3.63) is 0 Å². The van der Waals surface area contributed by atoms with Gasteiger partial charge in [-0.3, -0.25) is 9.80 Å². The first-order chi connectivity index (χ1) is 11.1. The highest BCUT2D eigenvalue weighted by Crippen LogP contribution is 2.31. The summed E-state index contributed by atoms with van der Waals surface area (Å²) in [6, 6.07) is 2.05. The fourth-order valence-corrected chi connectivity index (χ4v) is 4.65. The molecule has 0 aliphatic carbocycles. The van der Waals surface area contributed by atoms with Gasteiger partial charge in [0.1, 0.15) is 0 Å². The Labute approximate surface area is 140 Å². The Morgan fingerprint density at radius 2 is 2.00 bits per heavy atom. The second-order valence-electron chi connectivity index (χ2n) is 7.80. The van der Waals surface area contributed by atoms with E-state index in [1.165, 1.54) is 19.3 Å². The highest BCUT2D eigenvalue weighted by atomic mass is 16.5. The minimum absolute atomic E-state index is 0.246. The van der Waals surface area contributed by atoms with Crippen molar-refractivity contribution in [3.63, 3.8) is 0 Å². The Morgan fingerprint density at radius 3 is 2.74 bits per heavy atom. The number of ether oxygens (including phenoxy) is 2. The van der Waals surface area contributed by atoms with Crippen LogP contribution in [-0.4, -0.2) is 84.7 Å². The van der Waals surface area contributed by atoms with E-state index in [0.29, 0.717) is 25.3 Å². The van der Waals surface area contributed by atoms with Crippen LogP contribution in [0.25, 0.3) is 0 Å². The Hall–Kier alpha value is -0.200. The fraction of sp³-hybridized carbons (Fsp3) is 1.00. The zero-order chi connectivity index (χ0) is 16.2. The van der Waals surface area contributed by atoms with E-state index >= 15 is 0 Å². The molecule has 3 saturated heterocycles. The van der Waals surface area contributed by atoms with E-state index in [9.17, 15) is 5.11 Å². The molecule has 23 heavy (non-hydrogen) atoms. The zero-order valence-electron chi connectivity index (χ0n) is 14.8. The van der Waals surface area contributed by atoms with Gasteiger partial charge in [0, 0.05) is 37.8 Å². The lowest BCUT2D eigenvalue weighted by Gasteiger charge is -2.32. The predicted octanol–water partition coefficient (Wildman–Crippen LogP) is 1.49. The van der Waals surface area contributed by atoms with Crippen LogP contribution in [0.4, 0.5) is 0 Å². The molecule has 3 rings (SSSR count). The van der Waals surface area contributed by atoms with E-state index in [1.54, 1.807) is 0 Å². The molecule has 134 valence electrons. The Morgan fingerprint density at radius 1 is 1.17 bits per heavy atom. The summed E-state index contributed by atoms with van der Waals surface area (Å²) in [7, 11) is 0. The van der Waals surface area contributed by atoms with Crippen LogP contribution in [0.15, 0.2) is 0 Å². The first kappa shape index (κ1) is 17.6. The molecule has 3 aliphatic heterocycles. The molecule has 4 unspecified atom stereocenters. The van der Waals surface area contributed by atoms with E-state index in [4.69, 9.17) is 9.47 Å². The quantitative estimate of drug-likeness (QED) is 0.768. The van der Waals surface area contributed by atoms with Gasteiger partial charge in [0.15, 0.2) is 0 Å². The molecule has 0 aromatic carbocycles. The number of rotatable bonds is 7. The van der Waals surface area contributed by atoms with Crippen molar-refractivity contribution in [1.29, 1.82) is 0 Å². The average molecular weight is 326 g/mol.